The molecule has 3 nitrogen and oxygen atoms in total. The molecule has 2 aliphatic carbocycles. The summed E-state index contributed by atoms with van der Waals surface area (Å²) in [5.74, 6) is 1.67. The minimum absolute atomic E-state index is 0.198. The molecule has 2 N–H and O–H groups in total. The van der Waals surface area contributed by atoms with E-state index in [1.54, 1.807) is 7.05 Å². The van der Waals surface area contributed by atoms with Crippen molar-refractivity contribution in [3.8, 4) is 0 Å². The first kappa shape index (κ1) is 21.3. The van der Waals surface area contributed by atoms with Crippen LogP contribution in [0.15, 0.2) is 30.3 Å². The van der Waals surface area contributed by atoms with Crippen LogP contribution < -0.4 is 10.6 Å². The normalized spacial score (nSPS) is 37.4. The monoisotopic (exact) mass is 388 g/mol. The van der Waals surface area contributed by atoms with Crippen molar-refractivity contribution >= 4 is 5.91 Å². The Hall–Kier alpha value is -1.42. The van der Waals surface area contributed by atoms with E-state index in [4.69, 9.17) is 0 Å². The minimum Gasteiger partial charge on any atom is -0.359 e. The first-order valence-corrected chi connectivity index (χ1v) is 11.0. The molecular weight excluding hydrogens is 351 g/mol. The number of nitrogens with one attached hydrogen (secondary N) is 2. The molecule has 3 fully saturated rings. The van der Waals surface area contributed by atoms with Gasteiger partial charge in [0, 0.05) is 19.0 Å². The number of carbonyl (C=O) groups is 1. The summed E-state index contributed by atoms with van der Waals surface area (Å²) in [6.45, 7) is 6.12. The van der Waals surface area contributed by atoms with Gasteiger partial charge in [-0.15, -0.1) is 0 Å². The number of hydrogen-bond donors (Lipinski definition) is 2. The molecule has 0 radical (unpaired) electrons. The van der Waals surface area contributed by atoms with Crippen molar-refractivity contribution in [3.63, 3.8) is 0 Å². The van der Waals surface area contributed by atoms with Crippen molar-refractivity contribution in [3.05, 3.63) is 35.9 Å². The Kier molecular flexibility index (Phi) is 6.80. The molecule has 1 saturated heterocycles. The van der Waals surface area contributed by atoms with Gasteiger partial charge in [-0.3, -0.25) is 4.79 Å². The lowest BCUT2D eigenvalue weighted by Crippen LogP contribution is -2.51. The number of hydrogen-bond acceptors (Lipinski definition) is 2. The zero-order valence-electron chi connectivity index (χ0n) is 17.8. The second kappa shape index (κ2) is 8.94. The molecule has 0 aromatic heterocycles. The van der Waals surface area contributed by atoms with E-state index in [-0.39, 0.29) is 16.7 Å². The molecule has 1 aromatic rings. The number of piperidine rings is 1. The molecule has 4 rings (SSSR count). The van der Waals surface area contributed by atoms with Crippen molar-refractivity contribution in [1.82, 2.24) is 10.6 Å². The van der Waals surface area contributed by atoms with Crippen molar-refractivity contribution < 1.29 is 9.18 Å². The molecule has 3 aliphatic rings. The summed E-state index contributed by atoms with van der Waals surface area (Å²) in [5, 5.41) is 5.86. The van der Waals surface area contributed by atoms with Crippen LogP contribution in [0, 0.1) is 17.3 Å². The fourth-order valence-electron chi connectivity index (χ4n) is 6.21. The van der Waals surface area contributed by atoms with Crippen molar-refractivity contribution in [2.75, 3.05) is 20.1 Å². The number of carbonyl (C=O) groups excluding carboxylic acids is 1. The van der Waals surface area contributed by atoms with E-state index < -0.39 is 6.17 Å². The van der Waals surface area contributed by atoms with Crippen molar-refractivity contribution in [1.29, 1.82) is 0 Å². The number of benzene rings is 1. The summed E-state index contributed by atoms with van der Waals surface area (Å²) in [4.78, 5) is 12.5. The van der Waals surface area contributed by atoms with Crippen LogP contribution in [-0.2, 0) is 10.2 Å². The molecule has 2 saturated carbocycles. The van der Waals surface area contributed by atoms with Gasteiger partial charge >= 0.3 is 0 Å². The molecule has 2 bridgehead atoms. The Morgan fingerprint density at radius 2 is 1.96 bits per heavy atom. The maximum Gasteiger partial charge on any atom is 0.225 e. The maximum atomic E-state index is 12.5. The zero-order valence-corrected chi connectivity index (χ0v) is 17.8. The average Bonchev–Trinajstić information content (AvgIpc) is 2.68. The summed E-state index contributed by atoms with van der Waals surface area (Å²) in [5.41, 5.74) is 1.42. The second-order valence-corrected chi connectivity index (χ2v) is 9.73. The van der Waals surface area contributed by atoms with Crippen LogP contribution in [0.4, 0.5) is 4.39 Å². The Bertz CT molecular complexity index is 641. The molecular formula is C24H37FN2O. The fraction of sp³-hybridized carbons (Fsp3) is 0.708. The van der Waals surface area contributed by atoms with Crippen LogP contribution in [0.3, 0.4) is 0 Å². The summed E-state index contributed by atoms with van der Waals surface area (Å²) in [7, 11) is 1.77. The van der Waals surface area contributed by atoms with E-state index in [0.29, 0.717) is 12.5 Å². The predicted molar refractivity (Wildman–Crippen MR) is 113 cm³/mol. The quantitative estimate of drug-likeness (QED) is 0.776. The summed E-state index contributed by atoms with van der Waals surface area (Å²) >= 11 is 0. The summed E-state index contributed by atoms with van der Waals surface area (Å²) < 4.78 is 12.1. The average molecular weight is 389 g/mol. The van der Waals surface area contributed by atoms with Gasteiger partial charge in [0.25, 0.3) is 0 Å². The SMILES string of the molecule is CNC(=O)C1(C)CC2CC(C)CC(c3ccccc3)(C2)C1.FC1CCCNC1. The van der Waals surface area contributed by atoms with Gasteiger partial charge in [-0.1, -0.05) is 44.2 Å². The van der Waals surface area contributed by atoms with Gasteiger partial charge in [-0.05, 0) is 74.3 Å². The van der Waals surface area contributed by atoms with Crippen LogP contribution in [-0.4, -0.2) is 32.2 Å². The first-order valence-electron chi connectivity index (χ1n) is 11.0. The third-order valence-corrected chi connectivity index (χ3v) is 7.02. The third-order valence-electron chi connectivity index (χ3n) is 7.02. The molecule has 1 aliphatic heterocycles. The Balaban J connectivity index is 0.000000271. The molecule has 1 aromatic carbocycles. The van der Waals surface area contributed by atoms with E-state index in [9.17, 15) is 9.18 Å². The van der Waals surface area contributed by atoms with Gasteiger partial charge in [0.05, 0.1) is 0 Å². The van der Waals surface area contributed by atoms with Crippen LogP contribution >= 0.6 is 0 Å². The lowest BCUT2D eigenvalue weighted by Gasteiger charge is -2.54. The molecule has 4 heteroatoms. The predicted octanol–water partition coefficient (Wildman–Crippen LogP) is 4.61. The van der Waals surface area contributed by atoms with E-state index in [2.05, 4.69) is 54.8 Å². The Morgan fingerprint density at radius 3 is 2.54 bits per heavy atom. The van der Waals surface area contributed by atoms with Gasteiger partial charge < -0.3 is 10.6 Å². The first-order chi connectivity index (χ1) is 13.4. The van der Waals surface area contributed by atoms with E-state index in [1.807, 2.05) is 0 Å². The fourth-order valence-corrected chi connectivity index (χ4v) is 6.21. The van der Waals surface area contributed by atoms with Gasteiger partial charge in [-0.25, -0.2) is 4.39 Å². The summed E-state index contributed by atoms with van der Waals surface area (Å²) in [6, 6.07) is 10.9. The lowest BCUT2D eigenvalue weighted by atomic mass is 9.50. The Morgan fingerprint density at radius 1 is 1.21 bits per heavy atom. The zero-order chi connectivity index (χ0) is 20.2. The number of amides is 1. The van der Waals surface area contributed by atoms with Gasteiger partial charge in [0.1, 0.15) is 6.17 Å². The molecule has 1 heterocycles. The van der Waals surface area contributed by atoms with E-state index in [0.717, 1.165) is 38.1 Å². The van der Waals surface area contributed by atoms with Gasteiger partial charge in [-0.2, -0.15) is 0 Å². The molecule has 5 atom stereocenters. The maximum absolute atomic E-state index is 12.5. The minimum atomic E-state index is -0.575. The van der Waals surface area contributed by atoms with Crippen LogP contribution in [0.1, 0.15) is 64.4 Å². The molecule has 0 spiro atoms. The number of halogens is 1. The molecule has 1 amide bonds. The highest BCUT2D eigenvalue weighted by atomic mass is 19.1. The number of fused-ring (bicyclic) bond motifs is 2. The second-order valence-electron chi connectivity index (χ2n) is 9.73. The van der Waals surface area contributed by atoms with Crippen LogP contribution in [0.2, 0.25) is 0 Å². The van der Waals surface area contributed by atoms with Gasteiger partial charge in [0.15, 0.2) is 0 Å². The van der Waals surface area contributed by atoms with E-state index in [1.165, 1.54) is 24.8 Å². The number of rotatable bonds is 2. The van der Waals surface area contributed by atoms with E-state index >= 15 is 0 Å². The highest BCUT2D eigenvalue weighted by Crippen LogP contribution is 2.57. The Labute approximate surface area is 169 Å². The van der Waals surface area contributed by atoms with Gasteiger partial charge in [0.2, 0.25) is 5.91 Å². The molecule has 5 unspecified atom stereocenters. The standard InChI is InChI=1S/C19H27NO.C5H10FN/c1-14-9-15-11-18(2,17(21)20-3)13-19(10-14,12-15)16-7-5-4-6-8-16;6-5-2-1-3-7-4-5/h4-8,14-15H,9-13H2,1-3H3,(H,20,21);5,7H,1-4H2. The number of alkyl halides is 1. The molecule has 28 heavy (non-hydrogen) atoms. The topological polar surface area (TPSA) is 41.1 Å². The highest BCUT2D eigenvalue weighted by molar-refractivity contribution is 5.82. The summed E-state index contributed by atoms with van der Waals surface area (Å²) in [6.07, 6.45) is 6.98. The molecule has 156 valence electrons. The van der Waals surface area contributed by atoms with Crippen molar-refractivity contribution in [2.24, 2.45) is 17.3 Å². The van der Waals surface area contributed by atoms with Crippen LogP contribution in [0.5, 0.6) is 0 Å². The van der Waals surface area contributed by atoms with Crippen LogP contribution in [0.25, 0.3) is 0 Å². The van der Waals surface area contributed by atoms with Crippen molar-refractivity contribution in [2.45, 2.75) is 70.4 Å². The highest BCUT2D eigenvalue weighted by Gasteiger charge is 2.52. The smallest absolute Gasteiger partial charge is 0.225 e. The largest absolute Gasteiger partial charge is 0.359 e. The lowest BCUT2D eigenvalue weighted by molar-refractivity contribution is -0.135. The third kappa shape index (κ3) is 4.76.